The Morgan fingerprint density at radius 2 is 2.15 bits per heavy atom. The molecule has 2 heterocycles. The molecular formula is C18H14FN5O2. The number of fused-ring (bicyclic) bond motifs is 1. The summed E-state index contributed by atoms with van der Waals surface area (Å²) in [4.78, 5) is 12.4. The van der Waals surface area contributed by atoms with Gasteiger partial charge >= 0.3 is 0 Å². The van der Waals surface area contributed by atoms with Gasteiger partial charge in [-0.2, -0.15) is 0 Å². The number of furan rings is 1. The van der Waals surface area contributed by atoms with Crippen molar-refractivity contribution in [1.82, 2.24) is 25.5 Å². The highest BCUT2D eigenvalue weighted by Crippen LogP contribution is 2.26. The van der Waals surface area contributed by atoms with Crippen LogP contribution in [0.3, 0.4) is 0 Å². The first kappa shape index (κ1) is 15.9. The van der Waals surface area contributed by atoms with Crippen LogP contribution in [0.25, 0.3) is 16.7 Å². The van der Waals surface area contributed by atoms with Gasteiger partial charge in [0.15, 0.2) is 0 Å². The first-order chi connectivity index (χ1) is 12.6. The van der Waals surface area contributed by atoms with Crippen molar-refractivity contribution < 1.29 is 13.6 Å². The summed E-state index contributed by atoms with van der Waals surface area (Å²) in [6.07, 6.45) is 1.45. The topological polar surface area (TPSA) is 85.8 Å². The molecule has 0 aliphatic carbocycles. The van der Waals surface area contributed by atoms with Crippen LogP contribution in [0.5, 0.6) is 0 Å². The molecule has 130 valence electrons. The molecule has 7 nitrogen and oxygen atoms in total. The number of amides is 1. The number of nitrogens with one attached hydrogen (secondary N) is 1. The Bertz CT molecular complexity index is 1090. The van der Waals surface area contributed by atoms with E-state index in [4.69, 9.17) is 4.42 Å². The van der Waals surface area contributed by atoms with Gasteiger partial charge < -0.3 is 9.73 Å². The van der Waals surface area contributed by atoms with Gasteiger partial charge in [-0.1, -0.05) is 6.07 Å². The SMILES string of the molecule is Cc1c(CNC(=O)c2cccc(-n3cnnn3)c2)oc2ccc(F)cc12. The lowest BCUT2D eigenvalue weighted by molar-refractivity contribution is 0.0948. The molecular weight excluding hydrogens is 337 g/mol. The molecule has 0 bridgehead atoms. The maximum absolute atomic E-state index is 13.4. The summed E-state index contributed by atoms with van der Waals surface area (Å²) in [5, 5.41) is 14.5. The Morgan fingerprint density at radius 3 is 2.96 bits per heavy atom. The fraction of sp³-hybridized carbons (Fsp3) is 0.111. The van der Waals surface area contributed by atoms with Gasteiger partial charge in [0.2, 0.25) is 0 Å². The van der Waals surface area contributed by atoms with Crippen LogP contribution in [0, 0.1) is 12.7 Å². The minimum absolute atomic E-state index is 0.204. The largest absolute Gasteiger partial charge is 0.459 e. The van der Waals surface area contributed by atoms with Crippen molar-refractivity contribution in [2.45, 2.75) is 13.5 Å². The lowest BCUT2D eigenvalue weighted by atomic mass is 10.1. The summed E-state index contributed by atoms with van der Waals surface area (Å²) < 4.78 is 20.6. The van der Waals surface area contributed by atoms with Crippen molar-refractivity contribution in [2.75, 3.05) is 0 Å². The van der Waals surface area contributed by atoms with Crippen LogP contribution >= 0.6 is 0 Å². The van der Waals surface area contributed by atoms with Gasteiger partial charge in [-0.15, -0.1) is 5.10 Å². The highest BCUT2D eigenvalue weighted by atomic mass is 19.1. The van der Waals surface area contributed by atoms with E-state index in [0.717, 1.165) is 5.56 Å². The zero-order valence-electron chi connectivity index (χ0n) is 13.8. The second-order valence-electron chi connectivity index (χ2n) is 5.78. The molecule has 4 rings (SSSR count). The van der Waals surface area contributed by atoms with Gasteiger partial charge in [0, 0.05) is 16.5 Å². The molecule has 0 aliphatic heterocycles. The highest BCUT2D eigenvalue weighted by Gasteiger charge is 2.13. The Hall–Kier alpha value is -3.55. The zero-order chi connectivity index (χ0) is 18.1. The minimum Gasteiger partial charge on any atom is -0.459 e. The number of hydrogen-bond donors (Lipinski definition) is 1. The van der Waals surface area contributed by atoms with Gasteiger partial charge in [-0.05, 0) is 53.7 Å². The normalized spacial score (nSPS) is 11.0. The van der Waals surface area contributed by atoms with Crippen LogP contribution in [-0.4, -0.2) is 26.1 Å². The minimum atomic E-state index is -0.323. The predicted molar refractivity (Wildman–Crippen MR) is 91.2 cm³/mol. The molecule has 4 aromatic rings. The lowest BCUT2D eigenvalue weighted by Crippen LogP contribution is -2.23. The van der Waals surface area contributed by atoms with E-state index in [1.165, 1.54) is 23.1 Å². The molecule has 0 radical (unpaired) electrons. The smallest absolute Gasteiger partial charge is 0.251 e. The predicted octanol–water partition coefficient (Wildman–Crippen LogP) is 2.79. The van der Waals surface area contributed by atoms with E-state index in [0.29, 0.717) is 28.0 Å². The Balaban J connectivity index is 1.53. The number of carbonyl (C=O) groups excluding carboxylic acids is 1. The number of nitrogens with zero attached hydrogens (tertiary/aromatic N) is 4. The van der Waals surface area contributed by atoms with E-state index < -0.39 is 0 Å². The van der Waals surface area contributed by atoms with Crippen molar-refractivity contribution >= 4 is 16.9 Å². The van der Waals surface area contributed by atoms with Crippen molar-refractivity contribution in [1.29, 1.82) is 0 Å². The Kier molecular flexibility index (Phi) is 3.92. The van der Waals surface area contributed by atoms with Gasteiger partial charge in [-0.3, -0.25) is 4.79 Å². The second kappa shape index (κ2) is 6.40. The number of aromatic nitrogens is 4. The first-order valence-electron chi connectivity index (χ1n) is 7.91. The van der Waals surface area contributed by atoms with Gasteiger partial charge in [-0.25, -0.2) is 9.07 Å². The molecule has 0 fully saturated rings. The number of benzene rings is 2. The Morgan fingerprint density at radius 1 is 1.27 bits per heavy atom. The summed E-state index contributed by atoms with van der Waals surface area (Å²) >= 11 is 0. The van der Waals surface area contributed by atoms with Crippen LogP contribution in [0.1, 0.15) is 21.7 Å². The first-order valence-corrected chi connectivity index (χ1v) is 7.91. The third kappa shape index (κ3) is 2.92. The summed E-state index contributed by atoms with van der Waals surface area (Å²) in [5.41, 5.74) is 2.55. The van der Waals surface area contributed by atoms with Gasteiger partial charge in [0.1, 0.15) is 23.5 Å². The van der Waals surface area contributed by atoms with Crippen LogP contribution in [0.2, 0.25) is 0 Å². The molecule has 26 heavy (non-hydrogen) atoms. The summed E-state index contributed by atoms with van der Waals surface area (Å²) in [5.74, 6) is 0.0120. The number of rotatable bonds is 4. The van der Waals surface area contributed by atoms with Crippen molar-refractivity contribution in [3.05, 3.63) is 71.5 Å². The fourth-order valence-corrected chi connectivity index (χ4v) is 2.74. The van der Waals surface area contributed by atoms with Gasteiger partial charge in [0.25, 0.3) is 5.91 Å². The number of halogens is 1. The van der Waals surface area contributed by atoms with Crippen LogP contribution in [0.15, 0.2) is 53.2 Å². The molecule has 2 aromatic carbocycles. The molecule has 0 saturated carbocycles. The molecule has 1 N–H and O–H groups in total. The van der Waals surface area contributed by atoms with Crippen LogP contribution in [-0.2, 0) is 6.54 Å². The number of carbonyl (C=O) groups is 1. The van der Waals surface area contributed by atoms with Crippen molar-refractivity contribution in [2.24, 2.45) is 0 Å². The van der Waals surface area contributed by atoms with E-state index in [9.17, 15) is 9.18 Å². The molecule has 0 aliphatic rings. The van der Waals surface area contributed by atoms with Crippen molar-refractivity contribution in [3.8, 4) is 5.69 Å². The van der Waals surface area contributed by atoms with E-state index in [1.54, 1.807) is 30.3 Å². The van der Waals surface area contributed by atoms with Gasteiger partial charge in [0.05, 0.1) is 12.2 Å². The Labute approximate surface area is 147 Å². The average molecular weight is 351 g/mol. The standard InChI is InChI=1S/C18H14FN5O2/c1-11-15-8-13(19)5-6-16(15)26-17(11)9-20-18(25)12-3-2-4-14(7-12)24-10-21-22-23-24/h2-8,10H,9H2,1H3,(H,20,25). The average Bonchev–Trinajstić information content (AvgIpc) is 3.29. The third-order valence-corrected chi connectivity index (χ3v) is 4.13. The molecule has 8 heteroatoms. The molecule has 0 atom stereocenters. The molecule has 0 unspecified atom stereocenters. The summed E-state index contributed by atoms with van der Waals surface area (Å²) in [7, 11) is 0. The molecule has 0 spiro atoms. The van der Waals surface area contributed by atoms with Crippen LogP contribution < -0.4 is 5.32 Å². The van der Waals surface area contributed by atoms with E-state index in [-0.39, 0.29) is 18.3 Å². The highest BCUT2D eigenvalue weighted by molar-refractivity contribution is 5.94. The second-order valence-corrected chi connectivity index (χ2v) is 5.78. The fourth-order valence-electron chi connectivity index (χ4n) is 2.74. The monoisotopic (exact) mass is 351 g/mol. The quantitative estimate of drug-likeness (QED) is 0.611. The van der Waals surface area contributed by atoms with Crippen molar-refractivity contribution in [3.63, 3.8) is 0 Å². The molecule has 0 saturated heterocycles. The maximum atomic E-state index is 13.4. The number of hydrogen-bond acceptors (Lipinski definition) is 5. The summed E-state index contributed by atoms with van der Waals surface area (Å²) in [6.45, 7) is 2.04. The number of tetrazole rings is 1. The summed E-state index contributed by atoms with van der Waals surface area (Å²) in [6, 6.07) is 11.3. The lowest BCUT2D eigenvalue weighted by Gasteiger charge is -2.06. The van der Waals surface area contributed by atoms with E-state index >= 15 is 0 Å². The van der Waals surface area contributed by atoms with E-state index in [1.807, 2.05) is 6.92 Å². The van der Waals surface area contributed by atoms with E-state index in [2.05, 4.69) is 20.8 Å². The van der Waals surface area contributed by atoms with Crippen LogP contribution in [0.4, 0.5) is 4.39 Å². The zero-order valence-corrected chi connectivity index (χ0v) is 13.8. The number of aryl methyl sites for hydroxylation is 1. The molecule has 1 amide bonds. The molecule has 2 aromatic heterocycles. The third-order valence-electron chi connectivity index (χ3n) is 4.13. The maximum Gasteiger partial charge on any atom is 0.251 e.